The summed E-state index contributed by atoms with van der Waals surface area (Å²) in [6, 6.07) is 5.13. The van der Waals surface area contributed by atoms with Crippen LogP contribution in [0, 0.1) is 0 Å². The van der Waals surface area contributed by atoms with Crippen LogP contribution >= 0.6 is 0 Å². The molecule has 0 aliphatic heterocycles. The molecule has 2 N–H and O–H groups in total. The molecule has 100 valence electrons. The maximum Gasteiger partial charge on any atom is 0.254 e. The average Bonchev–Trinajstić information content (AvgIpc) is 2.38. The van der Waals surface area contributed by atoms with Gasteiger partial charge in [-0.15, -0.1) is 0 Å². The standard InChI is InChI=1S/C14H22N2O2/c1-4-6-7-16(5-2)14(17)11-8-12(15)10-13(9-11)18-3/h8-10H,4-7,15H2,1-3H3. The number of amides is 1. The Morgan fingerprint density at radius 1 is 1.33 bits per heavy atom. The first-order valence-electron chi connectivity index (χ1n) is 6.36. The minimum Gasteiger partial charge on any atom is -0.497 e. The number of anilines is 1. The number of nitrogens with zero attached hydrogens (tertiary/aromatic N) is 1. The van der Waals surface area contributed by atoms with E-state index in [1.54, 1.807) is 25.3 Å². The zero-order valence-electron chi connectivity index (χ0n) is 11.4. The monoisotopic (exact) mass is 250 g/mol. The van der Waals surface area contributed by atoms with Crippen LogP contribution in [0.3, 0.4) is 0 Å². The van der Waals surface area contributed by atoms with Crippen LogP contribution < -0.4 is 10.5 Å². The van der Waals surface area contributed by atoms with Crippen molar-refractivity contribution in [2.75, 3.05) is 25.9 Å². The van der Waals surface area contributed by atoms with E-state index in [9.17, 15) is 4.79 Å². The van der Waals surface area contributed by atoms with E-state index in [1.165, 1.54) is 0 Å². The van der Waals surface area contributed by atoms with Gasteiger partial charge in [0.2, 0.25) is 0 Å². The number of rotatable bonds is 6. The van der Waals surface area contributed by atoms with Gasteiger partial charge in [-0.1, -0.05) is 13.3 Å². The number of methoxy groups -OCH3 is 1. The van der Waals surface area contributed by atoms with Crippen LogP contribution in [0.1, 0.15) is 37.0 Å². The number of unbranched alkanes of at least 4 members (excludes halogenated alkanes) is 1. The molecular weight excluding hydrogens is 228 g/mol. The Morgan fingerprint density at radius 3 is 2.61 bits per heavy atom. The maximum absolute atomic E-state index is 12.3. The van der Waals surface area contributed by atoms with Crippen molar-refractivity contribution in [2.45, 2.75) is 26.7 Å². The summed E-state index contributed by atoms with van der Waals surface area (Å²) in [7, 11) is 1.57. The largest absolute Gasteiger partial charge is 0.497 e. The summed E-state index contributed by atoms with van der Waals surface area (Å²) >= 11 is 0. The number of benzene rings is 1. The molecule has 4 heteroatoms. The third kappa shape index (κ3) is 3.65. The smallest absolute Gasteiger partial charge is 0.254 e. The number of nitrogens with two attached hydrogens (primary N) is 1. The molecule has 0 heterocycles. The maximum atomic E-state index is 12.3. The van der Waals surface area contributed by atoms with Crippen molar-refractivity contribution < 1.29 is 9.53 Å². The molecular formula is C14H22N2O2. The Hall–Kier alpha value is -1.71. The van der Waals surface area contributed by atoms with Gasteiger partial charge in [-0.25, -0.2) is 0 Å². The van der Waals surface area contributed by atoms with E-state index in [2.05, 4.69) is 6.92 Å². The molecule has 4 nitrogen and oxygen atoms in total. The van der Waals surface area contributed by atoms with Crippen molar-refractivity contribution in [3.8, 4) is 5.75 Å². The summed E-state index contributed by atoms with van der Waals surface area (Å²) in [6.07, 6.45) is 2.09. The van der Waals surface area contributed by atoms with Crippen LogP contribution in [0.15, 0.2) is 18.2 Å². The molecule has 0 bridgehead atoms. The van der Waals surface area contributed by atoms with Gasteiger partial charge in [0, 0.05) is 30.4 Å². The summed E-state index contributed by atoms with van der Waals surface area (Å²) in [5.41, 5.74) is 6.90. The number of hydrogen-bond donors (Lipinski definition) is 1. The highest BCUT2D eigenvalue weighted by molar-refractivity contribution is 5.95. The topological polar surface area (TPSA) is 55.6 Å². The SMILES string of the molecule is CCCCN(CC)C(=O)c1cc(N)cc(OC)c1. The summed E-state index contributed by atoms with van der Waals surface area (Å²) < 4.78 is 5.13. The first-order chi connectivity index (χ1) is 8.62. The zero-order valence-corrected chi connectivity index (χ0v) is 11.4. The summed E-state index contributed by atoms with van der Waals surface area (Å²) in [4.78, 5) is 14.1. The zero-order chi connectivity index (χ0) is 13.5. The second-order valence-electron chi connectivity index (χ2n) is 4.23. The number of ether oxygens (including phenoxy) is 1. The minimum atomic E-state index is 0.0107. The van der Waals surface area contributed by atoms with E-state index in [-0.39, 0.29) is 5.91 Å². The third-order valence-electron chi connectivity index (χ3n) is 2.86. The molecule has 0 saturated carbocycles. The molecule has 1 aromatic carbocycles. The van der Waals surface area contributed by atoms with Crippen molar-refractivity contribution >= 4 is 11.6 Å². The van der Waals surface area contributed by atoms with Gasteiger partial charge in [0.15, 0.2) is 0 Å². The number of nitrogen functional groups attached to an aromatic ring is 1. The fourth-order valence-electron chi connectivity index (χ4n) is 1.80. The van der Waals surface area contributed by atoms with Gasteiger partial charge in [0.05, 0.1) is 7.11 Å². The Morgan fingerprint density at radius 2 is 2.06 bits per heavy atom. The minimum absolute atomic E-state index is 0.0107. The van der Waals surface area contributed by atoms with Crippen LogP contribution in [-0.4, -0.2) is 31.0 Å². The molecule has 0 aliphatic rings. The van der Waals surface area contributed by atoms with E-state index in [0.29, 0.717) is 23.5 Å². The lowest BCUT2D eigenvalue weighted by Gasteiger charge is -2.21. The summed E-state index contributed by atoms with van der Waals surface area (Å²) in [5.74, 6) is 0.626. The van der Waals surface area contributed by atoms with Gasteiger partial charge >= 0.3 is 0 Å². The lowest BCUT2D eigenvalue weighted by molar-refractivity contribution is 0.0762. The van der Waals surface area contributed by atoms with Gasteiger partial charge < -0.3 is 15.4 Å². The molecule has 1 aromatic rings. The molecule has 1 rings (SSSR count). The normalized spacial score (nSPS) is 10.2. The molecule has 0 aliphatic carbocycles. The summed E-state index contributed by atoms with van der Waals surface area (Å²) in [5, 5.41) is 0. The Bertz CT molecular complexity index is 405. The highest BCUT2D eigenvalue weighted by atomic mass is 16.5. The van der Waals surface area contributed by atoms with Crippen LogP contribution in [-0.2, 0) is 0 Å². The molecule has 0 spiro atoms. The Kier molecular flexibility index (Phi) is 5.49. The third-order valence-corrected chi connectivity index (χ3v) is 2.86. The highest BCUT2D eigenvalue weighted by Crippen LogP contribution is 2.19. The molecule has 0 saturated heterocycles. The van der Waals surface area contributed by atoms with Gasteiger partial charge in [-0.05, 0) is 25.5 Å². The van der Waals surface area contributed by atoms with E-state index in [1.807, 2.05) is 11.8 Å². The van der Waals surface area contributed by atoms with E-state index in [0.717, 1.165) is 19.4 Å². The van der Waals surface area contributed by atoms with Gasteiger partial charge in [0.1, 0.15) is 5.75 Å². The summed E-state index contributed by atoms with van der Waals surface area (Å²) in [6.45, 7) is 5.58. The van der Waals surface area contributed by atoms with Crippen LogP contribution in [0.4, 0.5) is 5.69 Å². The van der Waals surface area contributed by atoms with E-state index in [4.69, 9.17) is 10.5 Å². The van der Waals surface area contributed by atoms with Crippen LogP contribution in [0.5, 0.6) is 5.75 Å². The molecule has 0 unspecified atom stereocenters. The first-order valence-corrected chi connectivity index (χ1v) is 6.36. The van der Waals surface area contributed by atoms with E-state index < -0.39 is 0 Å². The first kappa shape index (κ1) is 14.4. The van der Waals surface area contributed by atoms with Crippen molar-refractivity contribution in [3.05, 3.63) is 23.8 Å². The van der Waals surface area contributed by atoms with Gasteiger partial charge in [-0.2, -0.15) is 0 Å². The Balaban J connectivity index is 2.90. The second-order valence-corrected chi connectivity index (χ2v) is 4.23. The predicted octanol–water partition coefficient (Wildman–Crippen LogP) is 2.54. The number of carbonyl (C=O) groups excluding carboxylic acids is 1. The molecule has 0 fully saturated rings. The fourth-order valence-corrected chi connectivity index (χ4v) is 1.80. The van der Waals surface area contributed by atoms with Crippen molar-refractivity contribution in [2.24, 2.45) is 0 Å². The Labute approximate surface area is 109 Å². The van der Waals surface area contributed by atoms with Crippen LogP contribution in [0.2, 0.25) is 0 Å². The van der Waals surface area contributed by atoms with Gasteiger partial charge in [0.25, 0.3) is 5.91 Å². The quantitative estimate of drug-likeness (QED) is 0.789. The molecule has 0 radical (unpaired) electrons. The molecule has 1 amide bonds. The van der Waals surface area contributed by atoms with Gasteiger partial charge in [-0.3, -0.25) is 4.79 Å². The fraction of sp³-hybridized carbons (Fsp3) is 0.500. The predicted molar refractivity (Wildman–Crippen MR) is 73.9 cm³/mol. The van der Waals surface area contributed by atoms with Crippen molar-refractivity contribution in [1.29, 1.82) is 0 Å². The molecule has 0 aromatic heterocycles. The van der Waals surface area contributed by atoms with Crippen molar-refractivity contribution in [3.63, 3.8) is 0 Å². The molecule has 18 heavy (non-hydrogen) atoms. The van der Waals surface area contributed by atoms with E-state index >= 15 is 0 Å². The average molecular weight is 250 g/mol. The highest BCUT2D eigenvalue weighted by Gasteiger charge is 2.14. The van der Waals surface area contributed by atoms with Crippen LogP contribution in [0.25, 0.3) is 0 Å². The van der Waals surface area contributed by atoms with Crippen molar-refractivity contribution in [1.82, 2.24) is 4.90 Å². The number of carbonyl (C=O) groups is 1. The lowest BCUT2D eigenvalue weighted by atomic mass is 10.1. The number of hydrogen-bond acceptors (Lipinski definition) is 3. The lowest BCUT2D eigenvalue weighted by Crippen LogP contribution is -2.31. The second kappa shape index (κ2) is 6.89. The molecule has 0 atom stereocenters.